The Hall–Kier alpha value is -1.56. The van der Waals surface area contributed by atoms with Crippen molar-refractivity contribution >= 4 is 11.6 Å². The van der Waals surface area contributed by atoms with Gasteiger partial charge in [0, 0.05) is 18.6 Å². The van der Waals surface area contributed by atoms with Crippen molar-refractivity contribution in [2.75, 3.05) is 18.8 Å². The third-order valence-corrected chi connectivity index (χ3v) is 4.92. The van der Waals surface area contributed by atoms with Crippen LogP contribution in [0.2, 0.25) is 0 Å². The molecular formula is C15H25N5O. The van der Waals surface area contributed by atoms with Gasteiger partial charge in [0.15, 0.2) is 0 Å². The summed E-state index contributed by atoms with van der Waals surface area (Å²) >= 11 is 0. The largest absolute Gasteiger partial charge is 0.396 e. The average Bonchev–Trinajstić information content (AvgIpc) is 3.00. The van der Waals surface area contributed by atoms with E-state index in [4.69, 9.17) is 5.73 Å². The topological polar surface area (TPSA) is 76.2 Å². The second-order valence-electron chi connectivity index (χ2n) is 6.36. The van der Waals surface area contributed by atoms with Gasteiger partial charge >= 0.3 is 0 Å². The summed E-state index contributed by atoms with van der Waals surface area (Å²) in [6.07, 6.45) is 4.73. The lowest BCUT2D eigenvalue weighted by atomic mass is 9.97. The molecule has 0 saturated carbocycles. The molecule has 2 aliphatic heterocycles. The molecule has 1 aromatic rings. The lowest BCUT2D eigenvalue weighted by Crippen LogP contribution is -2.48. The van der Waals surface area contributed by atoms with E-state index >= 15 is 0 Å². The van der Waals surface area contributed by atoms with Crippen LogP contribution in [-0.4, -0.2) is 45.8 Å². The summed E-state index contributed by atoms with van der Waals surface area (Å²) in [5, 5.41) is 7.49. The number of amides is 1. The SMILES string of the molecule is Cc1nn(CC(=O)NC2CCN3CCCC3C2)c(C)c1N. The van der Waals surface area contributed by atoms with Crippen molar-refractivity contribution in [1.29, 1.82) is 0 Å². The molecule has 6 heteroatoms. The van der Waals surface area contributed by atoms with Gasteiger partial charge in [-0.3, -0.25) is 9.48 Å². The Bertz CT molecular complexity index is 538. The molecule has 1 aromatic heterocycles. The number of aromatic nitrogens is 2. The Kier molecular flexibility index (Phi) is 3.89. The van der Waals surface area contributed by atoms with Gasteiger partial charge in [-0.1, -0.05) is 0 Å². The van der Waals surface area contributed by atoms with E-state index in [0.29, 0.717) is 17.8 Å². The van der Waals surface area contributed by atoms with Gasteiger partial charge in [0.05, 0.1) is 17.1 Å². The third-order valence-electron chi connectivity index (χ3n) is 4.92. The molecule has 0 radical (unpaired) electrons. The molecule has 6 nitrogen and oxygen atoms in total. The number of anilines is 1. The van der Waals surface area contributed by atoms with E-state index in [2.05, 4.69) is 15.3 Å². The molecule has 0 aromatic carbocycles. The third kappa shape index (κ3) is 2.90. The van der Waals surface area contributed by atoms with Crippen LogP contribution in [0.4, 0.5) is 5.69 Å². The molecule has 0 aliphatic carbocycles. The fourth-order valence-electron chi connectivity index (χ4n) is 3.63. The Morgan fingerprint density at radius 2 is 2.19 bits per heavy atom. The summed E-state index contributed by atoms with van der Waals surface area (Å²) in [6, 6.07) is 0.986. The summed E-state index contributed by atoms with van der Waals surface area (Å²) in [6.45, 7) is 6.37. The number of hydrogen-bond acceptors (Lipinski definition) is 4. The Balaban J connectivity index is 1.55. The lowest BCUT2D eigenvalue weighted by molar-refractivity contribution is -0.123. The summed E-state index contributed by atoms with van der Waals surface area (Å²) in [5.74, 6) is 0.0389. The number of hydrogen-bond donors (Lipinski definition) is 2. The summed E-state index contributed by atoms with van der Waals surface area (Å²) in [5.41, 5.74) is 8.24. The predicted molar refractivity (Wildman–Crippen MR) is 81.9 cm³/mol. The maximum atomic E-state index is 12.2. The van der Waals surface area contributed by atoms with Crippen molar-refractivity contribution < 1.29 is 4.79 Å². The molecule has 2 aliphatic rings. The van der Waals surface area contributed by atoms with Crippen LogP contribution in [-0.2, 0) is 11.3 Å². The standard InChI is InChI=1S/C15H25N5O/c1-10-15(16)11(2)20(18-10)9-14(21)17-12-5-7-19-6-3-4-13(19)8-12/h12-13H,3-9,16H2,1-2H3,(H,17,21). The van der Waals surface area contributed by atoms with Gasteiger partial charge in [-0.25, -0.2) is 0 Å². The Morgan fingerprint density at radius 3 is 2.90 bits per heavy atom. The zero-order chi connectivity index (χ0) is 15.0. The number of piperidine rings is 1. The number of carbonyl (C=O) groups is 1. The minimum absolute atomic E-state index is 0.0389. The van der Waals surface area contributed by atoms with E-state index in [9.17, 15) is 4.79 Å². The van der Waals surface area contributed by atoms with Gasteiger partial charge in [0.25, 0.3) is 0 Å². The van der Waals surface area contributed by atoms with E-state index in [1.807, 2.05) is 13.8 Å². The molecule has 116 valence electrons. The summed E-state index contributed by atoms with van der Waals surface area (Å²) in [4.78, 5) is 14.8. The highest BCUT2D eigenvalue weighted by atomic mass is 16.2. The van der Waals surface area contributed by atoms with Gasteiger partial charge in [-0.2, -0.15) is 5.10 Å². The maximum Gasteiger partial charge on any atom is 0.241 e. The summed E-state index contributed by atoms with van der Waals surface area (Å²) < 4.78 is 1.70. The fourth-order valence-corrected chi connectivity index (χ4v) is 3.63. The van der Waals surface area contributed by atoms with E-state index < -0.39 is 0 Å². The Morgan fingerprint density at radius 1 is 1.38 bits per heavy atom. The molecule has 2 saturated heterocycles. The van der Waals surface area contributed by atoms with Crippen molar-refractivity contribution in [3.05, 3.63) is 11.4 Å². The van der Waals surface area contributed by atoms with E-state index in [0.717, 1.165) is 30.8 Å². The molecule has 2 fully saturated rings. The van der Waals surface area contributed by atoms with Gasteiger partial charge in [0.2, 0.25) is 5.91 Å². The van der Waals surface area contributed by atoms with Crippen LogP contribution >= 0.6 is 0 Å². The highest BCUT2D eigenvalue weighted by Crippen LogP contribution is 2.26. The fraction of sp³-hybridized carbons (Fsp3) is 0.733. The molecule has 3 rings (SSSR count). The van der Waals surface area contributed by atoms with Crippen LogP contribution < -0.4 is 11.1 Å². The molecule has 0 spiro atoms. The van der Waals surface area contributed by atoms with Crippen LogP contribution in [0.5, 0.6) is 0 Å². The minimum Gasteiger partial charge on any atom is -0.396 e. The molecule has 2 unspecified atom stereocenters. The van der Waals surface area contributed by atoms with E-state index in [1.165, 1.54) is 19.4 Å². The Labute approximate surface area is 125 Å². The lowest BCUT2D eigenvalue weighted by Gasteiger charge is -2.35. The number of aryl methyl sites for hydroxylation is 1. The normalized spacial score (nSPS) is 25.8. The number of nitrogens with one attached hydrogen (secondary N) is 1. The van der Waals surface area contributed by atoms with Gasteiger partial charge in [-0.05, 0) is 46.1 Å². The first-order valence-electron chi connectivity index (χ1n) is 7.87. The molecule has 2 atom stereocenters. The molecule has 21 heavy (non-hydrogen) atoms. The second-order valence-corrected chi connectivity index (χ2v) is 6.36. The molecule has 0 bridgehead atoms. The zero-order valence-electron chi connectivity index (χ0n) is 12.9. The molecule has 3 N–H and O–H groups in total. The summed E-state index contributed by atoms with van der Waals surface area (Å²) in [7, 11) is 0. The van der Waals surface area contributed by atoms with Crippen molar-refractivity contribution in [2.45, 2.75) is 58.2 Å². The first kappa shape index (κ1) is 14.4. The number of nitrogens with two attached hydrogens (primary N) is 1. The van der Waals surface area contributed by atoms with Gasteiger partial charge in [-0.15, -0.1) is 0 Å². The van der Waals surface area contributed by atoms with Crippen LogP contribution in [0.3, 0.4) is 0 Å². The number of carbonyl (C=O) groups excluding carboxylic acids is 1. The van der Waals surface area contributed by atoms with Gasteiger partial charge in [0.1, 0.15) is 6.54 Å². The van der Waals surface area contributed by atoms with Crippen molar-refractivity contribution in [3.63, 3.8) is 0 Å². The van der Waals surface area contributed by atoms with Crippen LogP contribution in [0.25, 0.3) is 0 Å². The van der Waals surface area contributed by atoms with Crippen molar-refractivity contribution in [2.24, 2.45) is 0 Å². The van der Waals surface area contributed by atoms with E-state index in [-0.39, 0.29) is 12.5 Å². The first-order valence-corrected chi connectivity index (χ1v) is 7.87. The van der Waals surface area contributed by atoms with Gasteiger partial charge < -0.3 is 16.0 Å². The maximum absolute atomic E-state index is 12.2. The van der Waals surface area contributed by atoms with Crippen LogP contribution in [0.15, 0.2) is 0 Å². The van der Waals surface area contributed by atoms with E-state index in [1.54, 1.807) is 4.68 Å². The monoisotopic (exact) mass is 291 g/mol. The molecule has 3 heterocycles. The predicted octanol–water partition coefficient (Wildman–Crippen LogP) is 0.825. The number of nitrogen functional groups attached to an aromatic ring is 1. The number of nitrogens with zero attached hydrogens (tertiary/aromatic N) is 3. The highest BCUT2D eigenvalue weighted by molar-refractivity contribution is 5.76. The van der Waals surface area contributed by atoms with Crippen LogP contribution in [0, 0.1) is 13.8 Å². The molecule has 1 amide bonds. The highest BCUT2D eigenvalue weighted by Gasteiger charge is 2.32. The van der Waals surface area contributed by atoms with Crippen molar-refractivity contribution in [3.8, 4) is 0 Å². The zero-order valence-corrected chi connectivity index (χ0v) is 12.9. The number of fused-ring (bicyclic) bond motifs is 1. The van der Waals surface area contributed by atoms with Crippen LogP contribution in [0.1, 0.15) is 37.1 Å². The molecular weight excluding hydrogens is 266 g/mol. The first-order chi connectivity index (χ1) is 10.0. The minimum atomic E-state index is 0.0389. The average molecular weight is 291 g/mol. The number of rotatable bonds is 3. The van der Waals surface area contributed by atoms with Crippen molar-refractivity contribution in [1.82, 2.24) is 20.0 Å². The quantitative estimate of drug-likeness (QED) is 0.864. The second kappa shape index (κ2) is 5.67. The smallest absolute Gasteiger partial charge is 0.241 e.